The standard InChI is InChI=1S/C12H16O3/c1-8-9(2)15-12(14-8)10-6-4-5-7-11(10)13-3/h4-9,12H,1-3H3/t8-,9+,12?. The zero-order chi connectivity index (χ0) is 10.8. The van der Waals surface area contributed by atoms with Gasteiger partial charge in [-0.2, -0.15) is 0 Å². The van der Waals surface area contributed by atoms with E-state index >= 15 is 0 Å². The number of hydrogen-bond acceptors (Lipinski definition) is 3. The van der Waals surface area contributed by atoms with E-state index < -0.39 is 0 Å². The molecule has 0 bridgehead atoms. The van der Waals surface area contributed by atoms with Crippen LogP contribution in [0.4, 0.5) is 0 Å². The summed E-state index contributed by atoms with van der Waals surface area (Å²) in [5, 5.41) is 0. The van der Waals surface area contributed by atoms with Crippen molar-refractivity contribution in [3.05, 3.63) is 29.8 Å². The third kappa shape index (κ3) is 1.98. The van der Waals surface area contributed by atoms with Gasteiger partial charge in [0.25, 0.3) is 0 Å². The highest BCUT2D eigenvalue weighted by molar-refractivity contribution is 5.34. The molecule has 0 radical (unpaired) electrons. The molecule has 3 nitrogen and oxygen atoms in total. The lowest BCUT2D eigenvalue weighted by molar-refractivity contribution is -0.0664. The number of rotatable bonds is 2. The van der Waals surface area contributed by atoms with Crippen LogP contribution in [-0.4, -0.2) is 19.3 Å². The minimum Gasteiger partial charge on any atom is -0.496 e. The van der Waals surface area contributed by atoms with Gasteiger partial charge in [0.2, 0.25) is 0 Å². The van der Waals surface area contributed by atoms with Crippen molar-refractivity contribution in [1.82, 2.24) is 0 Å². The molecule has 1 aliphatic heterocycles. The Labute approximate surface area is 90.0 Å². The smallest absolute Gasteiger partial charge is 0.188 e. The fourth-order valence-electron chi connectivity index (χ4n) is 1.65. The van der Waals surface area contributed by atoms with Gasteiger partial charge >= 0.3 is 0 Å². The molecule has 0 amide bonds. The van der Waals surface area contributed by atoms with E-state index in [1.165, 1.54) is 0 Å². The molecule has 82 valence electrons. The van der Waals surface area contributed by atoms with Crippen LogP contribution < -0.4 is 4.74 Å². The van der Waals surface area contributed by atoms with Gasteiger partial charge < -0.3 is 14.2 Å². The molecule has 1 saturated heterocycles. The molecule has 0 N–H and O–H groups in total. The van der Waals surface area contributed by atoms with E-state index in [2.05, 4.69) is 0 Å². The highest BCUT2D eigenvalue weighted by atomic mass is 16.7. The molecule has 1 aromatic carbocycles. The van der Waals surface area contributed by atoms with Crippen molar-refractivity contribution in [1.29, 1.82) is 0 Å². The summed E-state index contributed by atoms with van der Waals surface area (Å²) >= 11 is 0. The lowest BCUT2D eigenvalue weighted by atomic mass is 10.2. The summed E-state index contributed by atoms with van der Waals surface area (Å²) in [4.78, 5) is 0. The maximum Gasteiger partial charge on any atom is 0.188 e. The minimum atomic E-state index is -0.300. The van der Waals surface area contributed by atoms with Crippen LogP contribution in [0.2, 0.25) is 0 Å². The van der Waals surface area contributed by atoms with Crippen LogP contribution in [-0.2, 0) is 9.47 Å². The summed E-state index contributed by atoms with van der Waals surface area (Å²) in [6, 6.07) is 7.77. The second-order valence-electron chi connectivity index (χ2n) is 3.76. The third-order valence-electron chi connectivity index (χ3n) is 2.73. The Morgan fingerprint density at radius 2 is 1.67 bits per heavy atom. The Bertz CT molecular complexity index is 327. The zero-order valence-corrected chi connectivity index (χ0v) is 9.27. The van der Waals surface area contributed by atoms with Gasteiger partial charge in [0.05, 0.1) is 19.3 Å². The summed E-state index contributed by atoms with van der Waals surface area (Å²) in [5.74, 6) is 0.809. The van der Waals surface area contributed by atoms with Gasteiger partial charge in [0.15, 0.2) is 6.29 Å². The molecular weight excluding hydrogens is 192 g/mol. The predicted molar refractivity (Wildman–Crippen MR) is 56.8 cm³/mol. The summed E-state index contributed by atoms with van der Waals surface area (Å²) < 4.78 is 16.7. The van der Waals surface area contributed by atoms with Crippen molar-refractivity contribution in [2.24, 2.45) is 0 Å². The van der Waals surface area contributed by atoms with Gasteiger partial charge in [-0.1, -0.05) is 18.2 Å². The maximum absolute atomic E-state index is 5.70. The van der Waals surface area contributed by atoms with Gasteiger partial charge in [0, 0.05) is 5.56 Å². The Hall–Kier alpha value is -1.06. The molecule has 3 heteroatoms. The first-order valence-electron chi connectivity index (χ1n) is 5.16. The SMILES string of the molecule is COc1ccccc1C1O[C@@H](C)[C@@H](C)O1. The van der Waals surface area contributed by atoms with E-state index in [1.807, 2.05) is 38.1 Å². The van der Waals surface area contributed by atoms with Gasteiger partial charge in [-0.25, -0.2) is 0 Å². The van der Waals surface area contributed by atoms with Crippen LogP contribution in [0.3, 0.4) is 0 Å². The number of hydrogen-bond donors (Lipinski definition) is 0. The molecule has 0 saturated carbocycles. The van der Waals surface area contributed by atoms with Gasteiger partial charge in [-0.15, -0.1) is 0 Å². The molecule has 1 heterocycles. The van der Waals surface area contributed by atoms with Gasteiger partial charge in [-0.05, 0) is 19.9 Å². The monoisotopic (exact) mass is 208 g/mol. The Morgan fingerprint density at radius 3 is 2.27 bits per heavy atom. The summed E-state index contributed by atoms with van der Waals surface area (Å²) in [6.45, 7) is 4.03. The van der Waals surface area contributed by atoms with Gasteiger partial charge in [-0.3, -0.25) is 0 Å². The predicted octanol–water partition coefficient (Wildman–Crippen LogP) is 2.52. The van der Waals surface area contributed by atoms with Crippen molar-refractivity contribution in [2.45, 2.75) is 32.3 Å². The van der Waals surface area contributed by atoms with Gasteiger partial charge in [0.1, 0.15) is 5.75 Å². The first-order chi connectivity index (χ1) is 7.22. The van der Waals surface area contributed by atoms with E-state index in [9.17, 15) is 0 Å². The topological polar surface area (TPSA) is 27.7 Å². The average molecular weight is 208 g/mol. The van der Waals surface area contributed by atoms with E-state index in [0.29, 0.717) is 0 Å². The van der Waals surface area contributed by atoms with Crippen molar-refractivity contribution in [3.8, 4) is 5.75 Å². The molecule has 2 rings (SSSR count). The molecule has 1 unspecified atom stereocenters. The summed E-state index contributed by atoms with van der Waals surface area (Å²) in [5.41, 5.74) is 0.955. The van der Waals surface area contributed by atoms with Crippen LogP contribution in [0.25, 0.3) is 0 Å². The van der Waals surface area contributed by atoms with E-state index in [0.717, 1.165) is 11.3 Å². The van der Waals surface area contributed by atoms with Crippen molar-refractivity contribution in [2.75, 3.05) is 7.11 Å². The lowest BCUT2D eigenvalue weighted by Gasteiger charge is -2.13. The zero-order valence-electron chi connectivity index (χ0n) is 9.27. The maximum atomic E-state index is 5.70. The second kappa shape index (κ2) is 4.21. The average Bonchev–Trinajstić information content (AvgIpc) is 2.59. The molecule has 0 aromatic heterocycles. The normalized spacial score (nSPS) is 30.5. The van der Waals surface area contributed by atoms with Crippen LogP contribution in [0.5, 0.6) is 5.75 Å². The van der Waals surface area contributed by atoms with Crippen LogP contribution >= 0.6 is 0 Å². The molecule has 3 atom stereocenters. The quantitative estimate of drug-likeness (QED) is 0.747. The van der Waals surface area contributed by atoms with Crippen LogP contribution in [0.15, 0.2) is 24.3 Å². The Morgan fingerprint density at radius 1 is 1.07 bits per heavy atom. The molecule has 0 aliphatic carbocycles. The fourth-order valence-corrected chi connectivity index (χ4v) is 1.65. The number of benzene rings is 1. The first kappa shape index (κ1) is 10.5. The first-order valence-corrected chi connectivity index (χ1v) is 5.16. The summed E-state index contributed by atoms with van der Waals surface area (Å²) in [6.07, 6.45) is -0.0500. The Kier molecular flexibility index (Phi) is 2.93. The number of methoxy groups -OCH3 is 1. The molecule has 15 heavy (non-hydrogen) atoms. The van der Waals surface area contributed by atoms with Crippen molar-refractivity contribution in [3.63, 3.8) is 0 Å². The largest absolute Gasteiger partial charge is 0.496 e. The molecular formula is C12H16O3. The van der Waals surface area contributed by atoms with E-state index in [4.69, 9.17) is 14.2 Å². The van der Waals surface area contributed by atoms with Crippen molar-refractivity contribution < 1.29 is 14.2 Å². The fraction of sp³-hybridized carbons (Fsp3) is 0.500. The highest BCUT2D eigenvalue weighted by Crippen LogP contribution is 2.35. The molecule has 0 spiro atoms. The molecule has 1 fully saturated rings. The second-order valence-corrected chi connectivity index (χ2v) is 3.76. The van der Waals surface area contributed by atoms with Crippen LogP contribution in [0.1, 0.15) is 25.7 Å². The third-order valence-corrected chi connectivity index (χ3v) is 2.73. The van der Waals surface area contributed by atoms with Crippen LogP contribution in [0, 0.1) is 0 Å². The van der Waals surface area contributed by atoms with E-state index in [-0.39, 0.29) is 18.5 Å². The lowest BCUT2D eigenvalue weighted by Crippen LogP contribution is -2.13. The minimum absolute atomic E-state index is 0.125. The summed E-state index contributed by atoms with van der Waals surface area (Å²) in [7, 11) is 1.65. The van der Waals surface area contributed by atoms with Crippen molar-refractivity contribution >= 4 is 0 Å². The van der Waals surface area contributed by atoms with E-state index in [1.54, 1.807) is 7.11 Å². The highest BCUT2D eigenvalue weighted by Gasteiger charge is 2.32. The molecule has 1 aromatic rings. The number of para-hydroxylation sites is 1. The molecule has 1 aliphatic rings. The Balaban J connectivity index is 2.23. The number of ether oxygens (including phenoxy) is 3.